The van der Waals surface area contributed by atoms with Crippen LogP contribution in [0.4, 0.5) is 0 Å². The van der Waals surface area contributed by atoms with Crippen LogP contribution < -0.4 is 5.73 Å². The molecular formula is C13H28N2OS. The van der Waals surface area contributed by atoms with Gasteiger partial charge in [-0.1, -0.05) is 27.7 Å². The second-order valence-corrected chi connectivity index (χ2v) is 6.40. The molecule has 0 spiro atoms. The van der Waals surface area contributed by atoms with E-state index in [1.165, 1.54) is 0 Å². The average molecular weight is 260 g/mol. The lowest BCUT2D eigenvalue weighted by Crippen LogP contribution is -2.44. The molecule has 0 aromatic heterocycles. The minimum atomic E-state index is 0.00388. The van der Waals surface area contributed by atoms with Crippen LogP contribution in [0.2, 0.25) is 0 Å². The van der Waals surface area contributed by atoms with Gasteiger partial charge in [-0.05, 0) is 24.6 Å². The molecule has 0 saturated heterocycles. The van der Waals surface area contributed by atoms with Gasteiger partial charge in [0.25, 0.3) is 0 Å². The zero-order valence-electron chi connectivity index (χ0n) is 12.0. The Balaban J connectivity index is 4.56. The molecule has 0 heterocycles. The van der Waals surface area contributed by atoms with E-state index >= 15 is 0 Å². The molecule has 0 saturated carbocycles. The van der Waals surface area contributed by atoms with Gasteiger partial charge < -0.3 is 10.6 Å². The molecule has 0 radical (unpaired) electrons. The maximum absolute atomic E-state index is 12.3. The van der Waals surface area contributed by atoms with Crippen molar-refractivity contribution in [2.24, 2.45) is 17.1 Å². The molecule has 2 N–H and O–H groups in total. The highest BCUT2D eigenvalue weighted by Gasteiger charge is 2.25. The van der Waals surface area contributed by atoms with Gasteiger partial charge in [0.15, 0.2) is 0 Å². The molecule has 1 amide bonds. The predicted octanol–water partition coefficient (Wildman–Crippen LogP) is 2.21. The van der Waals surface area contributed by atoms with Crippen LogP contribution in [-0.4, -0.2) is 42.4 Å². The quantitative estimate of drug-likeness (QED) is 0.728. The van der Waals surface area contributed by atoms with Gasteiger partial charge in [0.1, 0.15) is 0 Å². The maximum Gasteiger partial charge on any atom is 0.226 e. The molecule has 0 aromatic carbocycles. The summed E-state index contributed by atoms with van der Waals surface area (Å²) in [6, 6.07) is 0. The van der Waals surface area contributed by atoms with Crippen molar-refractivity contribution in [1.29, 1.82) is 0 Å². The van der Waals surface area contributed by atoms with Gasteiger partial charge in [0.2, 0.25) is 5.91 Å². The first-order chi connectivity index (χ1) is 7.87. The van der Waals surface area contributed by atoms with E-state index in [-0.39, 0.29) is 17.2 Å². The second kappa shape index (κ2) is 7.98. The van der Waals surface area contributed by atoms with Crippen molar-refractivity contribution in [3.8, 4) is 0 Å². The van der Waals surface area contributed by atoms with Crippen LogP contribution in [0.3, 0.4) is 0 Å². The van der Waals surface area contributed by atoms with Crippen LogP contribution in [0.1, 0.15) is 34.1 Å². The largest absolute Gasteiger partial charge is 0.342 e. The molecule has 0 aromatic rings. The van der Waals surface area contributed by atoms with Gasteiger partial charge in [-0.2, -0.15) is 11.8 Å². The number of thioether (sulfide) groups is 1. The zero-order chi connectivity index (χ0) is 13.5. The van der Waals surface area contributed by atoms with Gasteiger partial charge >= 0.3 is 0 Å². The number of nitrogens with zero attached hydrogens (tertiary/aromatic N) is 1. The number of carbonyl (C=O) groups is 1. The molecule has 0 rings (SSSR count). The topological polar surface area (TPSA) is 46.3 Å². The SMILES string of the molecule is CCCN(CC(C)(C)CN)C(=O)C(C)CSC. The third-order valence-electron chi connectivity index (χ3n) is 2.81. The second-order valence-electron chi connectivity index (χ2n) is 5.48. The van der Waals surface area contributed by atoms with E-state index < -0.39 is 0 Å². The Bertz CT molecular complexity index is 231. The highest BCUT2D eigenvalue weighted by atomic mass is 32.2. The molecular weight excluding hydrogens is 232 g/mol. The number of nitrogens with two attached hydrogens (primary N) is 1. The number of amides is 1. The number of carbonyl (C=O) groups excluding carboxylic acids is 1. The van der Waals surface area contributed by atoms with Gasteiger partial charge in [-0.15, -0.1) is 0 Å². The van der Waals surface area contributed by atoms with Gasteiger partial charge in [0, 0.05) is 24.8 Å². The minimum absolute atomic E-state index is 0.00388. The fraction of sp³-hybridized carbons (Fsp3) is 0.923. The van der Waals surface area contributed by atoms with Gasteiger partial charge in [0.05, 0.1) is 0 Å². The molecule has 4 heteroatoms. The van der Waals surface area contributed by atoms with Crippen LogP contribution in [0.5, 0.6) is 0 Å². The van der Waals surface area contributed by atoms with Gasteiger partial charge in [-0.25, -0.2) is 0 Å². The highest BCUT2D eigenvalue weighted by molar-refractivity contribution is 7.98. The first-order valence-electron chi connectivity index (χ1n) is 6.35. The van der Waals surface area contributed by atoms with Crippen molar-refractivity contribution in [1.82, 2.24) is 4.90 Å². The standard InChI is InChI=1S/C13H28N2OS/c1-6-7-15(10-13(3,4)9-14)12(16)11(2)8-17-5/h11H,6-10,14H2,1-5H3. The summed E-state index contributed by atoms with van der Waals surface area (Å²) in [7, 11) is 0. The van der Waals surface area contributed by atoms with Crippen molar-refractivity contribution < 1.29 is 4.79 Å². The van der Waals surface area contributed by atoms with E-state index in [0.29, 0.717) is 6.54 Å². The Morgan fingerprint density at radius 2 is 2.06 bits per heavy atom. The van der Waals surface area contributed by atoms with E-state index in [4.69, 9.17) is 5.73 Å². The van der Waals surface area contributed by atoms with Crippen molar-refractivity contribution in [3.05, 3.63) is 0 Å². The molecule has 1 atom stereocenters. The van der Waals surface area contributed by atoms with Crippen LogP contribution in [-0.2, 0) is 4.79 Å². The number of hydrogen-bond acceptors (Lipinski definition) is 3. The third kappa shape index (κ3) is 6.32. The van der Waals surface area contributed by atoms with Crippen LogP contribution in [0.25, 0.3) is 0 Å². The lowest BCUT2D eigenvalue weighted by atomic mass is 9.92. The molecule has 3 nitrogen and oxygen atoms in total. The Hall–Kier alpha value is -0.220. The van der Waals surface area contributed by atoms with Crippen LogP contribution in [0.15, 0.2) is 0 Å². The monoisotopic (exact) mass is 260 g/mol. The Morgan fingerprint density at radius 3 is 2.47 bits per heavy atom. The fourth-order valence-corrected chi connectivity index (χ4v) is 2.39. The van der Waals surface area contributed by atoms with E-state index in [0.717, 1.165) is 25.3 Å². The normalized spacial score (nSPS) is 13.5. The summed E-state index contributed by atoms with van der Waals surface area (Å²) in [5.41, 5.74) is 5.75. The lowest BCUT2D eigenvalue weighted by Gasteiger charge is -2.33. The first kappa shape index (κ1) is 16.8. The summed E-state index contributed by atoms with van der Waals surface area (Å²) in [6.07, 6.45) is 3.04. The smallest absolute Gasteiger partial charge is 0.226 e. The zero-order valence-corrected chi connectivity index (χ0v) is 12.8. The van der Waals surface area contributed by atoms with Crippen molar-refractivity contribution in [3.63, 3.8) is 0 Å². The summed E-state index contributed by atoms with van der Waals surface area (Å²) in [5, 5.41) is 0. The predicted molar refractivity (Wildman–Crippen MR) is 77.3 cm³/mol. The van der Waals surface area contributed by atoms with Crippen molar-refractivity contribution in [2.45, 2.75) is 34.1 Å². The lowest BCUT2D eigenvalue weighted by molar-refractivity contribution is -0.135. The summed E-state index contributed by atoms with van der Waals surface area (Å²) in [5.74, 6) is 1.26. The third-order valence-corrected chi connectivity index (χ3v) is 3.65. The van der Waals surface area contributed by atoms with E-state index in [1.807, 2.05) is 18.1 Å². The molecule has 1 unspecified atom stereocenters. The number of rotatable bonds is 8. The molecule has 0 aliphatic rings. The molecule has 0 bridgehead atoms. The Kier molecular flexibility index (Phi) is 7.88. The minimum Gasteiger partial charge on any atom is -0.342 e. The summed E-state index contributed by atoms with van der Waals surface area (Å²) < 4.78 is 0. The fourth-order valence-electron chi connectivity index (χ4n) is 1.75. The molecule has 102 valence electrons. The van der Waals surface area contributed by atoms with Crippen molar-refractivity contribution in [2.75, 3.05) is 31.6 Å². The van der Waals surface area contributed by atoms with E-state index in [2.05, 4.69) is 20.8 Å². The molecule has 0 fully saturated rings. The average Bonchev–Trinajstić information content (AvgIpc) is 2.27. The molecule has 0 aliphatic carbocycles. The first-order valence-corrected chi connectivity index (χ1v) is 7.75. The molecule has 17 heavy (non-hydrogen) atoms. The molecule has 0 aliphatic heterocycles. The summed E-state index contributed by atoms with van der Waals surface area (Å²) in [6.45, 7) is 10.5. The van der Waals surface area contributed by atoms with Crippen LogP contribution >= 0.6 is 11.8 Å². The van der Waals surface area contributed by atoms with Crippen LogP contribution in [0, 0.1) is 11.3 Å². The highest BCUT2D eigenvalue weighted by Crippen LogP contribution is 2.18. The summed E-state index contributed by atoms with van der Waals surface area (Å²) >= 11 is 1.73. The number of hydrogen-bond donors (Lipinski definition) is 1. The van der Waals surface area contributed by atoms with E-state index in [9.17, 15) is 4.79 Å². The Labute approximate surface area is 111 Å². The maximum atomic E-state index is 12.3. The van der Waals surface area contributed by atoms with Gasteiger partial charge in [-0.3, -0.25) is 4.79 Å². The van der Waals surface area contributed by atoms with Crippen molar-refractivity contribution >= 4 is 17.7 Å². The Morgan fingerprint density at radius 1 is 1.47 bits per heavy atom. The van der Waals surface area contributed by atoms with E-state index in [1.54, 1.807) is 11.8 Å². The summed E-state index contributed by atoms with van der Waals surface area (Å²) in [4.78, 5) is 14.3.